The molecule has 0 radical (unpaired) electrons. The molecule has 0 aliphatic rings. The summed E-state index contributed by atoms with van der Waals surface area (Å²) < 4.78 is 0. The molecule has 2 aromatic rings. The zero-order valence-electron chi connectivity index (χ0n) is 10.6. The molecular weight excluding hydrogens is 224 g/mol. The summed E-state index contributed by atoms with van der Waals surface area (Å²) in [6, 6.07) is 13.8. The molecule has 0 aliphatic carbocycles. The third-order valence-electron chi connectivity index (χ3n) is 2.87. The molecule has 0 saturated heterocycles. The fourth-order valence-corrected chi connectivity index (χ4v) is 1.81. The Hall–Kier alpha value is -2.16. The van der Waals surface area contributed by atoms with E-state index in [4.69, 9.17) is 0 Å². The van der Waals surface area contributed by atoms with Crippen LogP contribution in [0.1, 0.15) is 16.7 Å². The van der Waals surface area contributed by atoms with E-state index in [-0.39, 0.29) is 0 Å². The van der Waals surface area contributed by atoms with E-state index in [1.165, 1.54) is 5.56 Å². The molecule has 0 saturated carbocycles. The van der Waals surface area contributed by atoms with Crippen molar-refractivity contribution in [2.24, 2.45) is 5.18 Å². The van der Waals surface area contributed by atoms with Gasteiger partial charge in [-0.05, 0) is 37.2 Å². The second-order valence-electron chi connectivity index (χ2n) is 4.44. The summed E-state index contributed by atoms with van der Waals surface area (Å²) in [4.78, 5) is 10.7. The summed E-state index contributed by atoms with van der Waals surface area (Å²) in [5.41, 5.74) is 4.82. The highest BCUT2D eigenvalue weighted by atomic mass is 16.3. The molecule has 3 nitrogen and oxygen atoms in total. The molecule has 0 spiro atoms. The minimum Gasteiger partial charge on any atom is -0.381 e. The van der Waals surface area contributed by atoms with Crippen LogP contribution in [0.3, 0.4) is 0 Å². The second-order valence-corrected chi connectivity index (χ2v) is 4.44. The Morgan fingerprint density at radius 2 is 1.67 bits per heavy atom. The van der Waals surface area contributed by atoms with Gasteiger partial charge < -0.3 is 5.32 Å². The number of benzene rings is 2. The molecular formula is C15H16N2O. The molecule has 0 bridgehead atoms. The number of hydrogen-bond donors (Lipinski definition) is 1. The molecule has 18 heavy (non-hydrogen) atoms. The fourth-order valence-electron chi connectivity index (χ4n) is 1.81. The maximum absolute atomic E-state index is 10.7. The number of aryl methyl sites for hydroxylation is 2. The highest BCUT2D eigenvalue weighted by molar-refractivity contribution is 5.51. The van der Waals surface area contributed by atoms with Gasteiger partial charge in [-0.2, -0.15) is 0 Å². The van der Waals surface area contributed by atoms with Crippen molar-refractivity contribution in [2.45, 2.75) is 20.4 Å². The quantitative estimate of drug-likeness (QED) is 0.809. The van der Waals surface area contributed by atoms with E-state index in [9.17, 15) is 4.91 Å². The molecule has 0 aromatic heterocycles. The molecule has 3 heteroatoms. The van der Waals surface area contributed by atoms with Gasteiger partial charge in [0.1, 0.15) is 5.69 Å². The molecule has 0 heterocycles. The molecule has 92 valence electrons. The van der Waals surface area contributed by atoms with Crippen LogP contribution in [0.25, 0.3) is 0 Å². The first-order valence-electron chi connectivity index (χ1n) is 5.92. The maximum atomic E-state index is 10.7. The van der Waals surface area contributed by atoms with Crippen LogP contribution in [-0.2, 0) is 6.54 Å². The van der Waals surface area contributed by atoms with Crippen LogP contribution in [0, 0.1) is 18.8 Å². The topological polar surface area (TPSA) is 41.5 Å². The van der Waals surface area contributed by atoms with E-state index in [2.05, 4.69) is 29.6 Å². The fraction of sp³-hybridized carbons (Fsp3) is 0.200. The second kappa shape index (κ2) is 5.45. The van der Waals surface area contributed by atoms with Crippen LogP contribution in [0.5, 0.6) is 0 Å². The van der Waals surface area contributed by atoms with Crippen molar-refractivity contribution in [2.75, 3.05) is 5.32 Å². The smallest absolute Gasteiger partial charge is 0.112 e. The Bertz CT molecular complexity index is 547. The minimum atomic E-state index is 0.500. The molecule has 0 atom stereocenters. The first-order valence-corrected chi connectivity index (χ1v) is 5.92. The Morgan fingerprint density at radius 1 is 1.00 bits per heavy atom. The Morgan fingerprint density at radius 3 is 2.33 bits per heavy atom. The van der Waals surface area contributed by atoms with Gasteiger partial charge in [-0.3, -0.25) is 0 Å². The van der Waals surface area contributed by atoms with E-state index < -0.39 is 0 Å². The van der Waals surface area contributed by atoms with E-state index in [0.717, 1.165) is 16.8 Å². The SMILES string of the molecule is Cc1ccc(NCc2cc(C)ccc2N=O)cc1. The molecule has 0 unspecified atom stereocenters. The predicted octanol–water partition coefficient (Wildman–Crippen LogP) is 4.31. The zero-order valence-corrected chi connectivity index (χ0v) is 10.6. The number of anilines is 1. The lowest BCUT2D eigenvalue weighted by Crippen LogP contribution is -2.00. The Balaban J connectivity index is 2.12. The van der Waals surface area contributed by atoms with Gasteiger partial charge in [0.15, 0.2) is 0 Å². The van der Waals surface area contributed by atoms with Gasteiger partial charge >= 0.3 is 0 Å². The van der Waals surface area contributed by atoms with Crippen molar-refractivity contribution < 1.29 is 0 Å². The minimum absolute atomic E-state index is 0.500. The summed E-state index contributed by atoms with van der Waals surface area (Å²) in [7, 11) is 0. The van der Waals surface area contributed by atoms with Crippen LogP contribution in [0.15, 0.2) is 47.6 Å². The lowest BCUT2D eigenvalue weighted by atomic mass is 10.1. The van der Waals surface area contributed by atoms with Crippen LogP contribution in [-0.4, -0.2) is 0 Å². The zero-order chi connectivity index (χ0) is 13.0. The third kappa shape index (κ3) is 2.94. The number of nitroso groups, excluding NO2 is 1. The van der Waals surface area contributed by atoms with Gasteiger partial charge in [-0.1, -0.05) is 35.4 Å². The van der Waals surface area contributed by atoms with Crippen LogP contribution >= 0.6 is 0 Å². The molecule has 2 rings (SSSR count). The van der Waals surface area contributed by atoms with E-state index in [0.29, 0.717) is 12.2 Å². The van der Waals surface area contributed by atoms with Crippen LogP contribution in [0.4, 0.5) is 11.4 Å². The van der Waals surface area contributed by atoms with Crippen molar-refractivity contribution in [3.05, 3.63) is 64.1 Å². The predicted molar refractivity (Wildman–Crippen MR) is 75.1 cm³/mol. The summed E-state index contributed by atoms with van der Waals surface area (Å²) >= 11 is 0. The lowest BCUT2D eigenvalue weighted by molar-refractivity contribution is 1.13. The van der Waals surface area contributed by atoms with Gasteiger partial charge in [0.05, 0.1) is 0 Å². The van der Waals surface area contributed by atoms with Crippen molar-refractivity contribution in [1.29, 1.82) is 0 Å². The molecule has 2 aromatic carbocycles. The Kier molecular flexibility index (Phi) is 3.72. The van der Waals surface area contributed by atoms with Gasteiger partial charge in [0.25, 0.3) is 0 Å². The summed E-state index contributed by atoms with van der Waals surface area (Å²) in [6.07, 6.45) is 0. The molecule has 0 aliphatic heterocycles. The summed E-state index contributed by atoms with van der Waals surface area (Å²) in [5.74, 6) is 0. The standard InChI is InChI=1S/C15H16N2O/c1-11-3-6-14(7-4-11)16-10-13-9-12(2)5-8-15(13)17-18/h3-9,16H,10H2,1-2H3. The van der Waals surface area contributed by atoms with Crippen molar-refractivity contribution >= 4 is 11.4 Å². The van der Waals surface area contributed by atoms with Gasteiger partial charge in [-0.15, -0.1) is 4.91 Å². The molecule has 0 amide bonds. The van der Waals surface area contributed by atoms with E-state index in [1.54, 1.807) is 6.07 Å². The molecule has 0 fully saturated rings. The number of nitrogens with one attached hydrogen (secondary N) is 1. The average Bonchev–Trinajstić information content (AvgIpc) is 2.38. The largest absolute Gasteiger partial charge is 0.381 e. The van der Waals surface area contributed by atoms with Crippen molar-refractivity contribution in [3.63, 3.8) is 0 Å². The first kappa shape index (κ1) is 12.3. The highest BCUT2D eigenvalue weighted by Crippen LogP contribution is 2.21. The number of nitrogens with zero attached hydrogens (tertiary/aromatic N) is 1. The molecule has 1 N–H and O–H groups in total. The monoisotopic (exact) mass is 240 g/mol. The van der Waals surface area contributed by atoms with Gasteiger partial charge in [0, 0.05) is 17.8 Å². The van der Waals surface area contributed by atoms with E-state index >= 15 is 0 Å². The maximum Gasteiger partial charge on any atom is 0.112 e. The normalized spacial score (nSPS) is 10.1. The van der Waals surface area contributed by atoms with Crippen molar-refractivity contribution in [3.8, 4) is 0 Å². The highest BCUT2D eigenvalue weighted by Gasteiger charge is 2.03. The number of rotatable bonds is 4. The Labute approximate surface area is 107 Å². The van der Waals surface area contributed by atoms with Crippen LogP contribution in [0.2, 0.25) is 0 Å². The lowest BCUT2D eigenvalue weighted by Gasteiger charge is -2.09. The average molecular weight is 240 g/mol. The summed E-state index contributed by atoms with van der Waals surface area (Å²) in [6.45, 7) is 4.66. The summed E-state index contributed by atoms with van der Waals surface area (Å²) in [5, 5.41) is 6.34. The van der Waals surface area contributed by atoms with Crippen molar-refractivity contribution in [1.82, 2.24) is 0 Å². The third-order valence-corrected chi connectivity index (χ3v) is 2.87. The number of hydrogen-bond acceptors (Lipinski definition) is 3. The van der Waals surface area contributed by atoms with Crippen LogP contribution < -0.4 is 5.32 Å². The van der Waals surface area contributed by atoms with Gasteiger partial charge in [-0.25, -0.2) is 0 Å². The van der Waals surface area contributed by atoms with Gasteiger partial charge in [0.2, 0.25) is 0 Å². The first-order chi connectivity index (χ1) is 8.69. The van der Waals surface area contributed by atoms with E-state index in [1.807, 2.05) is 31.2 Å².